The minimum atomic E-state index is -0.626. The summed E-state index contributed by atoms with van der Waals surface area (Å²) in [6.07, 6.45) is 0. The molecule has 0 spiro atoms. The van der Waals surface area contributed by atoms with E-state index in [1.165, 1.54) is 6.07 Å². The second kappa shape index (κ2) is 4.15. The molecule has 0 heterocycles. The number of hydrogen-bond acceptors (Lipinski definition) is 2. The van der Waals surface area contributed by atoms with Gasteiger partial charge in [-0.2, -0.15) is 0 Å². The van der Waals surface area contributed by atoms with Crippen LogP contribution in [0.4, 0.5) is 10.1 Å². The largest absolute Gasteiger partial charge is 0.286 e. The van der Waals surface area contributed by atoms with E-state index >= 15 is 0 Å². The first-order chi connectivity index (χ1) is 6.06. The van der Waals surface area contributed by atoms with Crippen LogP contribution in [0.25, 0.3) is 0 Å². The molecule has 0 saturated heterocycles. The van der Waals surface area contributed by atoms with Crippen LogP contribution in [0.15, 0.2) is 16.6 Å². The number of rotatable bonds is 2. The van der Waals surface area contributed by atoms with Crippen LogP contribution in [0.3, 0.4) is 0 Å². The highest BCUT2D eigenvalue weighted by Gasteiger charge is 2.16. The molecule has 0 unspecified atom stereocenters. The molecule has 70 valence electrons. The van der Waals surface area contributed by atoms with Gasteiger partial charge < -0.3 is 0 Å². The Morgan fingerprint density at radius 3 is 2.62 bits per heavy atom. The van der Waals surface area contributed by atoms with Gasteiger partial charge in [0, 0.05) is 5.33 Å². The number of nitrogens with zero attached hydrogens (tertiary/aromatic N) is 1. The van der Waals surface area contributed by atoms with E-state index in [-0.39, 0.29) is 5.69 Å². The zero-order chi connectivity index (χ0) is 10.0. The van der Waals surface area contributed by atoms with Crippen LogP contribution >= 0.6 is 31.9 Å². The van der Waals surface area contributed by atoms with Crippen molar-refractivity contribution in [2.24, 2.45) is 0 Å². The van der Waals surface area contributed by atoms with Gasteiger partial charge in [0.15, 0.2) is 0 Å². The van der Waals surface area contributed by atoms with Crippen LogP contribution in [0.5, 0.6) is 0 Å². The number of nitro groups is 1. The normalized spacial score (nSPS) is 10.1. The van der Waals surface area contributed by atoms with Gasteiger partial charge >= 0.3 is 0 Å². The highest BCUT2D eigenvalue weighted by Crippen LogP contribution is 2.30. The molecule has 0 aromatic heterocycles. The first-order valence-electron chi connectivity index (χ1n) is 3.24. The van der Waals surface area contributed by atoms with Gasteiger partial charge in [-0.25, -0.2) is 4.39 Å². The van der Waals surface area contributed by atoms with Crippen LogP contribution in [-0.2, 0) is 5.33 Å². The number of nitro benzene ring substituents is 1. The van der Waals surface area contributed by atoms with E-state index in [0.717, 1.165) is 6.07 Å². The molecule has 0 aliphatic carbocycles. The molecule has 0 aliphatic rings. The topological polar surface area (TPSA) is 43.1 Å². The molecule has 1 aromatic carbocycles. The van der Waals surface area contributed by atoms with E-state index in [1.807, 2.05) is 0 Å². The zero-order valence-corrected chi connectivity index (χ0v) is 9.43. The van der Waals surface area contributed by atoms with Crippen LogP contribution in [0.2, 0.25) is 0 Å². The van der Waals surface area contributed by atoms with Gasteiger partial charge in [0.1, 0.15) is 5.82 Å². The quantitative estimate of drug-likeness (QED) is 0.477. The summed E-state index contributed by atoms with van der Waals surface area (Å²) < 4.78 is 13.1. The maximum Gasteiger partial charge on any atom is 0.286 e. The fourth-order valence-electron chi connectivity index (χ4n) is 0.860. The summed E-state index contributed by atoms with van der Waals surface area (Å²) in [6.45, 7) is 0. The van der Waals surface area contributed by atoms with Gasteiger partial charge in [0.05, 0.1) is 15.5 Å². The van der Waals surface area contributed by atoms with Gasteiger partial charge in [-0.3, -0.25) is 10.1 Å². The highest BCUT2D eigenvalue weighted by atomic mass is 79.9. The Bertz CT molecular complexity index is 357. The minimum absolute atomic E-state index is 0.255. The molecule has 0 amide bonds. The van der Waals surface area contributed by atoms with Crippen LogP contribution in [0, 0.1) is 15.9 Å². The third-order valence-corrected chi connectivity index (χ3v) is 2.95. The summed E-state index contributed by atoms with van der Waals surface area (Å²) >= 11 is 6.14. The Balaban J connectivity index is 3.35. The van der Waals surface area contributed by atoms with E-state index in [2.05, 4.69) is 31.9 Å². The van der Waals surface area contributed by atoms with Crippen molar-refractivity contribution in [1.82, 2.24) is 0 Å². The van der Waals surface area contributed by atoms with Gasteiger partial charge in [-0.1, -0.05) is 15.9 Å². The Hall–Kier alpha value is -0.490. The summed E-state index contributed by atoms with van der Waals surface area (Å²) in [5, 5.41) is 10.8. The number of benzene rings is 1. The van der Waals surface area contributed by atoms with E-state index < -0.39 is 10.7 Å². The van der Waals surface area contributed by atoms with Crippen molar-refractivity contribution in [3.05, 3.63) is 38.1 Å². The SMILES string of the molecule is O=[N+]([O-])c1cc(F)cc(CBr)c1Br. The Morgan fingerprint density at radius 2 is 2.15 bits per heavy atom. The summed E-state index contributed by atoms with van der Waals surface area (Å²) in [4.78, 5) is 9.81. The van der Waals surface area contributed by atoms with Crippen molar-refractivity contribution in [2.45, 2.75) is 5.33 Å². The number of alkyl halides is 1. The minimum Gasteiger partial charge on any atom is -0.258 e. The van der Waals surface area contributed by atoms with E-state index in [9.17, 15) is 14.5 Å². The maximum absolute atomic E-state index is 12.8. The average Bonchev–Trinajstić information content (AvgIpc) is 2.08. The van der Waals surface area contributed by atoms with Crippen molar-refractivity contribution in [2.75, 3.05) is 0 Å². The molecule has 6 heteroatoms. The number of halogens is 3. The summed E-state index contributed by atoms with van der Waals surface area (Å²) in [5.41, 5.74) is 0.265. The lowest BCUT2D eigenvalue weighted by Gasteiger charge is -2.01. The van der Waals surface area contributed by atoms with Crippen molar-refractivity contribution in [3.63, 3.8) is 0 Å². The molecule has 0 radical (unpaired) electrons. The summed E-state index contributed by atoms with van der Waals surface area (Å²) in [5.74, 6) is -0.607. The smallest absolute Gasteiger partial charge is 0.258 e. The molecule has 3 nitrogen and oxygen atoms in total. The lowest BCUT2D eigenvalue weighted by atomic mass is 10.2. The van der Waals surface area contributed by atoms with Crippen molar-refractivity contribution >= 4 is 37.5 Å². The van der Waals surface area contributed by atoms with Gasteiger partial charge in [0.25, 0.3) is 5.69 Å². The van der Waals surface area contributed by atoms with Crippen molar-refractivity contribution < 1.29 is 9.31 Å². The van der Waals surface area contributed by atoms with Gasteiger partial charge in [-0.05, 0) is 27.6 Å². The monoisotopic (exact) mass is 311 g/mol. The average molecular weight is 313 g/mol. The van der Waals surface area contributed by atoms with E-state index in [0.29, 0.717) is 15.4 Å². The lowest BCUT2D eigenvalue weighted by Crippen LogP contribution is -1.94. The molecule has 0 atom stereocenters. The Kier molecular flexibility index (Phi) is 3.38. The molecular weight excluding hydrogens is 309 g/mol. The Morgan fingerprint density at radius 1 is 1.54 bits per heavy atom. The molecule has 0 bridgehead atoms. The Labute approximate surface area is 90.3 Å². The summed E-state index contributed by atoms with van der Waals surface area (Å²) in [6, 6.07) is 2.13. The van der Waals surface area contributed by atoms with Crippen LogP contribution < -0.4 is 0 Å². The fraction of sp³-hybridized carbons (Fsp3) is 0.143. The van der Waals surface area contributed by atoms with Gasteiger partial charge in [0.2, 0.25) is 0 Å². The molecule has 1 aromatic rings. The van der Waals surface area contributed by atoms with Gasteiger partial charge in [-0.15, -0.1) is 0 Å². The van der Waals surface area contributed by atoms with E-state index in [4.69, 9.17) is 0 Å². The van der Waals surface area contributed by atoms with E-state index in [1.54, 1.807) is 0 Å². The second-order valence-corrected chi connectivity index (χ2v) is 3.64. The third-order valence-electron chi connectivity index (χ3n) is 1.43. The molecule has 1 rings (SSSR count). The second-order valence-electron chi connectivity index (χ2n) is 2.29. The maximum atomic E-state index is 12.8. The molecular formula is C7H4Br2FNO2. The third kappa shape index (κ3) is 2.25. The standard InChI is InChI=1S/C7H4Br2FNO2/c8-3-4-1-5(10)2-6(7(4)9)11(12)13/h1-2H,3H2. The van der Waals surface area contributed by atoms with Crippen molar-refractivity contribution in [3.8, 4) is 0 Å². The number of hydrogen-bond donors (Lipinski definition) is 0. The molecule has 0 fully saturated rings. The lowest BCUT2D eigenvalue weighted by molar-refractivity contribution is -0.385. The molecule has 0 N–H and O–H groups in total. The predicted molar refractivity (Wildman–Crippen MR) is 53.4 cm³/mol. The first kappa shape index (κ1) is 10.6. The predicted octanol–water partition coefficient (Wildman–Crippen LogP) is 3.39. The summed E-state index contributed by atoms with van der Waals surface area (Å²) in [7, 11) is 0. The highest BCUT2D eigenvalue weighted by molar-refractivity contribution is 9.11. The zero-order valence-electron chi connectivity index (χ0n) is 6.26. The molecule has 13 heavy (non-hydrogen) atoms. The molecule has 0 aliphatic heterocycles. The van der Waals surface area contributed by atoms with Crippen LogP contribution in [-0.4, -0.2) is 4.92 Å². The van der Waals surface area contributed by atoms with Crippen LogP contribution in [0.1, 0.15) is 5.56 Å². The molecule has 0 saturated carbocycles. The first-order valence-corrected chi connectivity index (χ1v) is 5.16. The fourth-order valence-corrected chi connectivity index (χ4v) is 2.19. The van der Waals surface area contributed by atoms with Crippen molar-refractivity contribution in [1.29, 1.82) is 0 Å².